The molecule has 0 spiro atoms. The number of hydrogen-bond donors (Lipinski definition) is 2. The number of benzene rings is 1. The molecule has 1 aliphatic rings. The fourth-order valence-electron chi connectivity index (χ4n) is 2.60. The van der Waals surface area contributed by atoms with E-state index < -0.39 is 0 Å². The normalized spacial score (nSPS) is 17.0. The quantitative estimate of drug-likeness (QED) is 0.367. The van der Waals surface area contributed by atoms with E-state index in [1.54, 1.807) is 19.2 Å². The van der Waals surface area contributed by atoms with Crippen LogP contribution < -0.4 is 10.6 Å². The van der Waals surface area contributed by atoms with Crippen molar-refractivity contribution in [2.24, 2.45) is 4.99 Å². The number of rotatable bonds is 6. The largest absolute Gasteiger partial charge is 0.376 e. The van der Waals surface area contributed by atoms with E-state index in [1.807, 2.05) is 12.1 Å². The Bertz CT molecular complexity index is 701. The van der Waals surface area contributed by atoms with Crippen LogP contribution in [0.5, 0.6) is 0 Å². The average Bonchev–Trinajstić information content (AvgIpc) is 3.30. The maximum Gasteiger partial charge on any atom is 0.228 e. The number of guanidine groups is 1. The molecule has 0 aliphatic carbocycles. The summed E-state index contributed by atoms with van der Waals surface area (Å²) < 4.78 is 10.9. The summed E-state index contributed by atoms with van der Waals surface area (Å²) in [4.78, 5) is 8.60. The van der Waals surface area contributed by atoms with E-state index in [0.29, 0.717) is 29.7 Å². The molecule has 3 rings (SSSR count). The summed E-state index contributed by atoms with van der Waals surface area (Å²) in [5.74, 6) is 1.88. The van der Waals surface area contributed by atoms with Crippen molar-refractivity contribution in [3.05, 3.63) is 35.2 Å². The third kappa shape index (κ3) is 6.10. The molecule has 1 saturated heterocycles. The molecule has 1 aromatic carbocycles. The standard InChI is InChI=1S/C17H22ClN5O2.HI/c1-19-17(21-11-14-3-2-10-24-14)20-9-8-15-22-16(23-25-15)12-4-6-13(18)7-5-12;/h4-7,14H,2-3,8-11H2,1H3,(H2,19,20,21);1H. The van der Waals surface area contributed by atoms with Crippen LogP contribution in [0.25, 0.3) is 11.4 Å². The third-order valence-electron chi connectivity index (χ3n) is 3.95. The summed E-state index contributed by atoms with van der Waals surface area (Å²) in [5.41, 5.74) is 0.876. The molecule has 26 heavy (non-hydrogen) atoms. The van der Waals surface area contributed by atoms with Gasteiger partial charge in [-0.05, 0) is 37.1 Å². The highest BCUT2D eigenvalue weighted by Gasteiger charge is 2.15. The van der Waals surface area contributed by atoms with Crippen LogP contribution in [0, 0.1) is 0 Å². The molecule has 0 saturated carbocycles. The van der Waals surface area contributed by atoms with Crippen molar-refractivity contribution in [3.8, 4) is 11.4 Å². The van der Waals surface area contributed by atoms with Crippen molar-refractivity contribution in [2.45, 2.75) is 25.4 Å². The molecule has 0 bridgehead atoms. The van der Waals surface area contributed by atoms with Crippen LogP contribution >= 0.6 is 35.6 Å². The molecule has 1 unspecified atom stereocenters. The molecule has 142 valence electrons. The van der Waals surface area contributed by atoms with Crippen LogP contribution in [0.3, 0.4) is 0 Å². The SMILES string of the molecule is CN=C(NCCc1nc(-c2ccc(Cl)cc2)no1)NCC1CCCO1.I. The van der Waals surface area contributed by atoms with Gasteiger partial charge in [-0.25, -0.2) is 0 Å². The Labute approximate surface area is 175 Å². The third-order valence-corrected chi connectivity index (χ3v) is 4.20. The molecule has 2 N–H and O–H groups in total. The molecule has 0 amide bonds. The summed E-state index contributed by atoms with van der Waals surface area (Å²) in [6.07, 6.45) is 3.11. The van der Waals surface area contributed by atoms with Gasteiger partial charge in [-0.15, -0.1) is 24.0 Å². The van der Waals surface area contributed by atoms with Gasteiger partial charge in [-0.1, -0.05) is 16.8 Å². The van der Waals surface area contributed by atoms with Crippen LogP contribution in [0.15, 0.2) is 33.8 Å². The van der Waals surface area contributed by atoms with Gasteiger partial charge in [-0.3, -0.25) is 4.99 Å². The molecular weight excluding hydrogens is 469 g/mol. The van der Waals surface area contributed by atoms with Crippen molar-refractivity contribution < 1.29 is 9.26 Å². The molecule has 2 aromatic rings. The van der Waals surface area contributed by atoms with E-state index in [1.165, 1.54) is 0 Å². The second-order valence-corrected chi connectivity index (χ2v) is 6.22. The van der Waals surface area contributed by atoms with Gasteiger partial charge in [0.2, 0.25) is 11.7 Å². The molecule has 9 heteroatoms. The van der Waals surface area contributed by atoms with Crippen LogP contribution in [-0.2, 0) is 11.2 Å². The molecule has 0 radical (unpaired) electrons. The lowest BCUT2D eigenvalue weighted by atomic mass is 10.2. The van der Waals surface area contributed by atoms with Gasteiger partial charge in [0, 0.05) is 43.8 Å². The van der Waals surface area contributed by atoms with Crippen molar-refractivity contribution in [1.82, 2.24) is 20.8 Å². The van der Waals surface area contributed by atoms with Crippen LogP contribution in [0.1, 0.15) is 18.7 Å². The van der Waals surface area contributed by atoms with E-state index in [9.17, 15) is 0 Å². The Kier molecular flexibility index (Phi) is 8.60. The zero-order valence-corrected chi connectivity index (χ0v) is 17.7. The lowest BCUT2D eigenvalue weighted by Crippen LogP contribution is -2.41. The predicted molar refractivity (Wildman–Crippen MR) is 112 cm³/mol. The molecule has 2 heterocycles. The van der Waals surface area contributed by atoms with Crippen molar-refractivity contribution in [1.29, 1.82) is 0 Å². The first-order valence-corrected chi connectivity index (χ1v) is 8.77. The number of aromatic nitrogens is 2. The number of nitrogens with zero attached hydrogens (tertiary/aromatic N) is 3. The summed E-state index contributed by atoms with van der Waals surface area (Å²) in [6.45, 7) is 2.26. The summed E-state index contributed by atoms with van der Waals surface area (Å²) in [5, 5.41) is 11.2. The van der Waals surface area contributed by atoms with Crippen molar-refractivity contribution >= 4 is 41.5 Å². The Morgan fingerprint density at radius 1 is 1.31 bits per heavy atom. The molecule has 1 aromatic heterocycles. The van der Waals surface area contributed by atoms with Gasteiger partial charge >= 0.3 is 0 Å². The van der Waals surface area contributed by atoms with Gasteiger partial charge in [0.05, 0.1) is 6.10 Å². The number of aliphatic imine (C=N–C) groups is 1. The smallest absolute Gasteiger partial charge is 0.228 e. The van der Waals surface area contributed by atoms with E-state index >= 15 is 0 Å². The summed E-state index contributed by atoms with van der Waals surface area (Å²) in [7, 11) is 1.75. The first-order valence-electron chi connectivity index (χ1n) is 8.39. The Balaban J connectivity index is 0.00000243. The minimum absolute atomic E-state index is 0. The van der Waals surface area contributed by atoms with Crippen LogP contribution in [0.2, 0.25) is 5.02 Å². The van der Waals surface area contributed by atoms with Crippen molar-refractivity contribution in [3.63, 3.8) is 0 Å². The lowest BCUT2D eigenvalue weighted by Gasteiger charge is -2.14. The van der Waals surface area contributed by atoms with Gasteiger partial charge < -0.3 is 19.9 Å². The Morgan fingerprint density at radius 2 is 2.12 bits per heavy atom. The Hall–Kier alpha value is -1.39. The Morgan fingerprint density at radius 3 is 2.81 bits per heavy atom. The van der Waals surface area contributed by atoms with E-state index in [4.69, 9.17) is 20.9 Å². The number of hydrogen-bond acceptors (Lipinski definition) is 5. The fraction of sp³-hybridized carbons (Fsp3) is 0.471. The molecule has 1 fully saturated rings. The minimum atomic E-state index is 0. The molecule has 1 aliphatic heterocycles. The number of nitrogens with one attached hydrogen (secondary N) is 2. The van der Waals surface area contributed by atoms with Crippen LogP contribution in [0.4, 0.5) is 0 Å². The second-order valence-electron chi connectivity index (χ2n) is 5.78. The van der Waals surface area contributed by atoms with Gasteiger partial charge in [-0.2, -0.15) is 4.98 Å². The highest BCUT2D eigenvalue weighted by Crippen LogP contribution is 2.18. The van der Waals surface area contributed by atoms with Gasteiger partial charge in [0.25, 0.3) is 0 Å². The van der Waals surface area contributed by atoms with Gasteiger partial charge in [0.15, 0.2) is 5.96 Å². The zero-order chi connectivity index (χ0) is 17.5. The fourth-order valence-corrected chi connectivity index (χ4v) is 2.72. The maximum atomic E-state index is 5.89. The first-order chi connectivity index (χ1) is 12.2. The molecular formula is C17H23ClIN5O2. The lowest BCUT2D eigenvalue weighted by molar-refractivity contribution is 0.114. The maximum absolute atomic E-state index is 5.89. The monoisotopic (exact) mass is 491 g/mol. The summed E-state index contributed by atoms with van der Waals surface area (Å²) in [6, 6.07) is 7.34. The minimum Gasteiger partial charge on any atom is -0.376 e. The van der Waals surface area contributed by atoms with Crippen molar-refractivity contribution in [2.75, 3.05) is 26.7 Å². The topological polar surface area (TPSA) is 84.6 Å². The average molecular weight is 492 g/mol. The van der Waals surface area contributed by atoms with E-state index in [-0.39, 0.29) is 30.1 Å². The zero-order valence-electron chi connectivity index (χ0n) is 14.6. The summed E-state index contributed by atoms with van der Waals surface area (Å²) >= 11 is 5.89. The van der Waals surface area contributed by atoms with Crippen LogP contribution in [-0.4, -0.2) is 48.9 Å². The number of halogens is 2. The highest BCUT2D eigenvalue weighted by atomic mass is 127. The molecule has 7 nitrogen and oxygen atoms in total. The predicted octanol–water partition coefficient (Wildman–Crippen LogP) is 2.89. The van der Waals surface area contributed by atoms with E-state index in [0.717, 1.165) is 37.5 Å². The van der Waals surface area contributed by atoms with Gasteiger partial charge in [0.1, 0.15) is 0 Å². The number of ether oxygens (including phenoxy) is 1. The highest BCUT2D eigenvalue weighted by molar-refractivity contribution is 14.0. The second kappa shape index (κ2) is 10.7. The first kappa shape index (κ1) is 20.9. The van der Waals surface area contributed by atoms with E-state index in [2.05, 4.69) is 25.8 Å². The molecule has 1 atom stereocenters.